The van der Waals surface area contributed by atoms with Gasteiger partial charge in [-0.1, -0.05) is 6.92 Å². The van der Waals surface area contributed by atoms with E-state index in [1.165, 1.54) is 0 Å². The van der Waals surface area contributed by atoms with Gasteiger partial charge in [0.2, 0.25) is 0 Å². The molecule has 0 bridgehead atoms. The highest BCUT2D eigenvalue weighted by molar-refractivity contribution is 5.78. The fraction of sp³-hybridized carbons (Fsp3) is 0.857. The number of carbonyl (C=O) groups excluding carboxylic acids is 2. The molecule has 1 fully saturated rings. The summed E-state index contributed by atoms with van der Waals surface area (Å²) in [5.74, 6) is 0.588. The number of nitrogens with zero attached hydrogens (tertiary/aromatic N) is 1. The van der Waals surface area contributed by atoms with Crippen molar-refractivity contribution in [3.8, 4) is 0 Å². The van der Waals surface area contributed by atoms with Crippen LogP contribution in [-0.2, 0) is 9.53 Å². The van der Waals surface area contributed by atoms with E-state index in [4.69, 9.17) is 4.74 Å². The van der Waals surface area contributed by atoms with E-state index in [9.17, 15) is 9.59 Å². The molecular formula is C14H25NO3. The van der Waals surface area contributed by atoms with Crippen molar-refractivity contribution >= 4 is 11.9 Å². The van der Waals surface area contributed by atoms with Crippen LogP contribution in [0.3, 0.4) is 0 Å². The van der Waals surface area contributed by atoms with Gasteiger partial charge in [0.25, 0.3) is 0 Å². The molecule has 4 nitrogen and oxygen atoms in total. The van der Waals surface area contributed by atoms with Crippen LogP contribution in [0.15, 0.2) is 0 Å². The average molecular weight is 255 g/mol. The maximum absolute atomic E-state index is 11.9. The molecule has 0 aromatic rings. The maximum Gasteiger partial charge on any atom is 0.410 e. The zero-order chi connectivity index (χ0) is 13.8. The number of ketones is 1. The third-order valence-corrected chi connectivity index (χ3v) is 3.08. The van der Waals surface area contributed by atoms with E-state index in [2.05, 4.69) is 0 Å². The Hall–Kier alpha value is -1.06. The molecule has 1 rings (SSSR count). The van der Waals surface area contributed by atoms with Crippen LogP contribution in [0.1, 0.15) is 53.4 Å². The Morgan fingerprint density at radius 3 is 2.56 bits per heavy atom. The molecule has 1 atom stereocenters. The molecule has 18 heavy (non-hydrogen) atoms. The van der Waals surface area contributed by atoms with Crippen LogP contribution in [0, 0.1) is 5.92 Å². The zero-order valence-corrected chi connectivity index (χ0v) is 12.0. The van der Waals surface area contributed by atoms with Gasteiger partial charge in [-0.15, -0.1) is 0 Å². The molecule has 0 saturated carbocycles. The van der Waals surface area contributed by atoms with Crippen LogP contribution in [0.5, 0.6) is 0 Å². The maximum atomic E-state index is 11.9. The molecule has 4 heteroatoms. The summed E-state index contributed by atoms with van der Waals surface area (Å²) in [5, 5.41) is 0. The summed E-state index contributed by atoms with van der Waals surface area (Å²) in [4.78, 5) is 25.1. The number of likely N-dealkylation sites (tertiary alicyclic amines) is 1. The van der Waals surface area contributed by atoms with Crippen molar-refractivity contribution in [2.45, 2.75) is 59.0 Å². The van der Waals surface area contributed by atoms with Crippen molar-refractivity contribution in [1.29, 1.82) is 0 Å². The van der Waals surface area contributed by atoms with Crippen LogP contribution in [0.2, 0.25) is 0 Å². The number of amides is 1. The van der Waals surface area contributed by atoms with Crippen molar-refractivity contribution < 1.29 is 14.3 Å². The normalized spacial score (nSPS) is 20.7. The SMILES string of the molecule is CCC(=O)CC1CCCN(C(=O)OC(C)(C)C)C1. The van der Waals surface area contributed by atoms with Crippen molar-refractivity contribution in [1.82, 2.24) is 4.90 Å². The largest absolute Gasteiger partial charge is 0.444 e. The third-order valence-electron chi connectivity index (χ3n) is 3.08. The summed E-state index contributed by atoms with van der Waals surface area (Å²) in [6, 6.07) is 0. The Balaban J connectivity index is 2.48. The first kappa shape index (κ1) is 15.0. The van der Waals surface area contributed by atoms with E-state index >= 15 is 0 Å². The van der Waals surface area contributed by atoms with Crippen LogP contribution >= 0.6 is 0 Å². The first-order chi connectivity index (χ1) is 8.31. The van der Waals surface area contributed by atoms with Gasteiger partial charge in [0.05, 0.1) is 0 Å². The average Bonchev–Trinajstić information content (AvgIpc) is 2.27. The highest BCUT2D eigenvalue weighted by Gasteiger charge is 2.28. The molecular weight excluding hydrogens is 230 g/mol. The fourth-order valence-corrected chi connectivity index (χ4v) is 2.19. The predicted molar refractivity (Wildman–Crippen MR) is 70.4 cm³/mol. The van der Waals surface area contributed by atoms with Gasteiger partial charge in [0.15, 0.2) is 0 Å². The van der Waals surface area contributed by atoms with Crippen molar-refractivity contribution in [2.24, 2.45) is 5.92 Å². The number of Topliss-reactive ketones (excluding diaryl/α,β-unsaturated/α-hetero) is 1. The molecule has 1 unspecified atom stereocenters. The summed E-state index contributed by atoms with van der Waals surface area (Å²) in [6.45, 7) is 8.88. The highest BCUT2D eigenvalue weighted by Crippen LogP contribution is 2.22. The Bertz CT molecular complexity index is 307. The van der Waals surface area contributed by atoms with Crippen LogP contribution in [0.25, 0.3) is 0 Å². The van der Waals surface area contributed by atoms with Crippen LogP contribution < -0.4 is 0 Å². The van der Waals surface area contributed by atoms with Gasteiger partial charge in [0.1, 0.15) is 11.4 Å². The minimum absolute atomic E-state index is 0.254. The van der Waals surface area contributed by atoms with E-state index in [0.717, 1.165) is 19.4 Å². The van der Waals surface area contributed by atoms with E-state index in [1.807, 2.05) is 27.7 Å². The molecule has 104 valence electrons. The van der Waals surface area contributed by atoms with Gasteiger partial charge in [-0.2, -0.15) is 0 Å². The van der Waals surface area contributed by atoms with E-state index < -0.39 is 5.60 Å². The topological polar surface area (TPSA) is 46.6 Å². The molecule has 1 aliphatic heterocycles. The highest BCUT2D eigenvalue weighted by atomic mass is 16.6. The molecule has 0 aromatic heterocycles. The second-order valence-corrected chi connectivity index (χ2v) is 6.03. The minimum atomic E-state index is -0.455. The van der Waals surface area contributed by atoms with E-state index in [-0.39, 0.29) is 11.9 Å². The number of hydrogen-bond donors (Lipinski definition) is 0. The van der Waals surface area contributed by atoms with Gasteiger partial charge >= 0.3 is 6.09 Å². The lowest BCUT2D eigenvalue weighted by molar-refractivity contribution is -0.120. The molecule has 0 aliphatic carbocycles. The van der Waals surface area contributed by atoms with Crippen molar-refractivity contribution in [3.05, 3.63) is 0 Å². The second kappa shape index (κ2) is 6.21. The summed E-state index contributed by atoms with van der Waals surface area (Å²) in [7, 11) is 0. The second-order valence-electron chi connectivity index (χ2n) is 6.03. The Kier molecular flexibility index (Phi) is 5.17. The number of piperidine rings is 1. The summed E-state index contributed by atoms with van der Waals surface area (Å²) >= 11 is 0. The molecule has 0 aromatic carbocycles. The molecule has 1 saturated heterocycles. The third kappa shape index (κ3) is 5.07. The quantitative estimate of drug-likeness (QED) is 0.778. The Morgan fingerprint density at radius 2 is 2.00 bits per heavy atom. The van der Waals surface area contributed by atoms with Crippen LogP contribution in [0.4, 0.5) is 4.79 Å². The first-order valence-corrected chi connectivity index (χ1v) is 6.81. The lowest BCUT2D eigenvalue weighted by Gasteiger charge is -2.33. The molecule has 0 radical (unpaired) electrons. The van der Waals surface area contributed by atoms with Gasteiger partial charge in [-0.05, 0) is 39.5 Å². The Morgan fingerprint density at radius 1 is 1.33 bits per heavy atom. The van der Waals surface area contributed by atoms with Gasteiger partial charge in [-0.3, -0.25) is 4.79 Å². The molecule has 1 aliphatic rings. The van der Waals surface area contributed by atoms with Gasteiger partial charge in [-0.25, -0.2) is 4.79 Å². The number of rotatable bonds is 3. The summed E-state index contributed by atoms with van der Waals surface area (Å²) in [6.07, 6.45) is 2.92. The lowest BCUT2D eigenvalue weighted by Crippen LogP contribution is -2.43. The fourth-order valence-electron chi connectivity index (χ4n) is 2.19. The lowest BCUT2D eigenvalue weighted by atomic mass is 9.92. The molecule has 1 heterocycles. The predicted octanol–water partition coefficient (Wildman–Crippen LogP) is 3.00. The smallest absolute Gasteiger partial charge is 0.410 e. The Labute approximate surface area is 110 Å². The molecule has 0 spiro atoms. The first-order valence-electron chi connectivity index (χ1n) is 6.81. The van der Waals surface area contributed by atoms with Crippen LogP contribution in [-0.4, -0.2) is 35.5 Å². The minimum Gasteiger partial charge on any atom is -0.444 e. The number of ether oxygens (including phenoxy) is 1. The van der Waals surface area contributed by atoms with Gasteiger partial charge < -0.3 is 9.64 Å². The van der Waals surface area contributed by atoms with Crippen molar-refractivity contribution in [2.75, 3.05) is 13.1 Å². The van der Waals surface area contributed by atoms with Gasteiger partial charge in [0, 0.05) is 25.9 Å². The molecule has 1 amide bonds. The number of carbonyl (C=O) groups is 2. The summed E-state index contributed by atoms with van der Waals surface area (Å²) in [5.41, 5.74) is -0.455. The monoisotopic (exact) mass is 255 g/mol. The van der Waals surface area contributed by atoms with Crippen molar-refractivity contribution in [3.63, 3.8) is 0 Å². The van der Waals surface area contributed by atoms with E-state index in [0.29, 0.717) is 25.3 Å². The zero-order valence-electron chi connectivity index (χ0n) is 12.0. The number of hydrogen-bond acceptors (Lipinski definition) is 3. The standard InChI is InChI=1S/C14H25NO3/c1-5-12(16)9-11-7-6-8-15(10-11)13(17)18-14(2,3)4/h11H,5-10H2,1-4H3. The summed E-state index contributed by atoms with van der Waals surface area (Å²) < 4.78 is 5.36. The molecule has 0 N–H and O–H groups in total. The van der Waals surface area contributed by atoms with E-state index in [1.54, 1.807) is 4.90 Å².